The van der Waals surface area contributed by atoms with Gasteiger partial charge in [-0.05, 0) is 71.9 Å². The molecule has 0 saturated carbocycles. The van der Waals surface area contributed by atoms with Crippen LogP contribution in [0.2, 0.25) is 10.8 Å². The van der Waals surface area contributed by atoms with Crippen LogP contribution in [0.5, 0.6) is 0 Å². The molecule has 2 rings (SSSR count). The first-order valence-corrected chi connectivity index (χ1v) is 18.8. The van der Waals surface area contributed by atoms with E-state index in [1.807, 2.05) is 20.5 Å². The molecule has 0 spiro atoms. The molecule has 242 valence electrons. The van der Waals surface area contributed by atoms with Gasteiger partial charge in [0.15, 0.2) is 0 Å². The Kier molecular flexibility index (Phi) is 24.7. The molecule has 0 bridgehead atoms. The number of hydrogen-bond acceptors (Lipinski definition) is 0. The zero-order chi connectivity index (χ0) is 31.4. The molecule has 0 N–H and O–H groups in total. The molecule has 0 aliphatic carbocycles. The summed E-state index contributed by atoms with van der Waals surface area (Å²) in [7, 11) is 0. The Morgan fingerprint density at radius 2 is 1.26 bits per heavy atom. The minimum absolute atomic E-state index is 0.938. The summed E-state index contributed by atoms with van der Waals surface area (Å²) in [5.41, 5.74) is 16.7. The van der Waals surface area contributed by atoms with Crippen LogP contribution < -0.4 is 0 Å². The Morgan fingerprint density at radius 3 is 1.88 bits per heavy atom. The molecule has 0 atom stereocenters. The van der Waals surface area contributed by atoms with Crippen molar-refractivity contribution in [2.24, 2.45) is 0 Å². The fourth-order valence-corrected chi connectivity index (χ4v) is 6.39. The molecule has 2 nitrogen and oxygen atoms in total. The fraction of sp³-hybridized carbons (Fsp3) is 0.600. The van der Waals surface area contributed by atoms with Crippen molar-refractivity contribution in [3.05, 3.63) is 88.0 Å². The summed E-state index contributed by atoms with van der Waals surface area (Å²) in [6.45, 7) is 11.2. The Morgan fingerprint density at radius 1 is 0.651 bits per heavy atom. The summed E-state index contributed by atoms with van der Waals surface area (Å²) in [5, 5.41) is 2.78. The van der Waals surface area contributed by atoms with E-state index < -0.39 is 0 Å². The predicted molar refractivity (Wildman–Crippen MR) is 187 cm³/mol. The molecule has 0 amide bonds. The van der Waals surface area contributed by atoms with E-state index in [1.165, 1.54) is 121 Å². The molecule has 2 aromatic carbocycles. The molecular weight excluding hydrogens is 567 g/mol. The van der Waals surface area contributed by atoms with Gasteiger partial charge in [0.05, 0.1) is 6.08 Å². The van der Waals surface area contributed by atoms with Gasteiger partial charge in [-0.25, -0.2) is 0 Å². The van der Waals surface area contributed by atoms with Gasteiger partial charge in [0.2, 0.25) is 0 Å². The second-order valence-corrected chi connectivity index (χ2v) is 13.1. The molecule has 43 heavy (non-hydrogen) atoms. The second kappa shape index (κ2) is 27.4. The molecule has 2 aromatic rings. The van der Waals surface area contributed by atoms with Gasteiger partial charge >= 0.3 is 64.8 Å². The third-order valence-corrected chi connectivity index (χ3v) is 9.06. The molecule has 0 radical (unpaired) electrons. The average Bonchev–Trinajstić information content (AvgIpc) is 3.04. The number of allylic oxidation sites excluding steroid dienone is 2. The molecule has 0 heterocycles. The number of nitrogens with zero attached hydrogens (tertiary/aromatic N) is 2. The first kappa shape index (κ1) is 38.9. The van der Waals surface area contributed by atoms with Gasteiger partial charge in [0, 0.05) is 0 Å². The minimum atomic E-state index is 0.938. The van der Waals surface area contributed by atoms with Gasteiger partial charge in [-0.2, -0.15) is 0 Å². The van der Waals surface area contributed by atoms with E-state index in [4.69, 9.17) is 5.53 Å². The van der Waals surface area contributed by atoms with Crippen LogP contribution in [0.25, 0.3) is 11.1 Å². The SMILES string of the molecule is CCCCCCCCc1cccc(C(=C(C=C=[N+]=[N-])CCCC)c2ccc(CCCC)cc2)c1.CCC[CH2][Ni][CH2]CCC. The zero-order valence-corrected chi connectivity index (χ0v) is 29.3. The molecule has 0 aromatic heterocycles. The zero-order valence-electron chi connectivity index (χ0n) is 28.3. The number of rotatable bonds is 22. The van der Waals surface area contributed by atoms with Gasteiger partial charge < -0.3 is 5.53 Å². The van der Waals surface area contributed by atoms with E-state index >= 15 is 0 Å². The first-order valence-electron chi connectivity index (χ1n) is 17.4. The Balaban J connectivity index is 0.000000887. The van der Waals surface area contributed by atoms with Gasteiger partial charge in [-0.1, -0.05) is 114 Å². The summed E-state index contributed by atoms with van der Waals surface area (Å²) in [6.07, 6.45) is 23.1. The van der Waals surface area contributed by atoms with Crippen LogP contribution in [-0.2, 0) is 27.3 Å². The molecule has 3 heteroatoms. The Bertz CT molecular complexity index is 1070. The summed E-state index contributed by atoms with van der Waals surface area (Å²) in [6, 6.07) is 18.1. The number of hydrogen-bond donors (Lipinski definition) is 0. The van der Waals surface area contributed by atoms with Crippen LogP contribution in [0.1, 0.15) is 153 Å². The van der Waals surface area contributed by atoms with Crippen molar-refractivity contribution < 1.29 is 19.2 Å². The summed E-state index contributed by atoms with van der Waals surface area (Å²) in [5.74, 6) is 2.69. The quantitative estimate of drug-likeness (QED) is 0.0310. The maximum absolute atomic E-state index is 9.06. The number of aryl methyl sites for hydroxylation is 2. The normalized spacial score (nSPS) is 11.3. The topological polar surface area (TPSA) is 36.4 Å². The third kappa shape index (κ3) is 18.3. The van der Waals surface area contributed by atoms with Crippen molar-refractivity contribution in [2.75, 3.05) is 0 Å². The van der Waals surface area contributed by atoms with Crippen molar-refractivity contribution in [2.45, 2.75) is 155 Å². The number of unbranched alkanes of at least 4 members (excludes halogenated alkanes) is 9. The molecule has 0 fully saturated rings. The fourth-order valence-electron chi connectivity index (χ4n) is 4.95. The maximum atomic E-state index is 9.06. The van der Waals surface area contributed by atoms with Gasteiger partial charge in [0.1, 0.15) is 0 Å². The van der Waals surface area contributed by atoms with E-state index in [2.05, 4.69) is 93.8 Å². The van der Waals surface area contributed by atoms with Crippen molar-refractivity contribution >= 4 is 11.4 Å². The third-order valence-electron chi connectivity index (χ3n) is 7.67. The molecule has 0 aliphatic heterocycles. The molecular formula is C40H62N2Ni. The van der Waals surface area contributed by atoms with E-state index in [0.29, 0.717) is 0 Å². The average molecular weight is 630 g/mol. The first-order chi connectivity index (χ1) is 21.1. The van der Waals surface area contributed by atoms with Gasteiger partial charge in [-0.3, -0.25) is 0 Å². The van der Waals surface area contributed by atoms with Crippen LogP contribution in [0.3, 0.4) is 0 Å². The standard InChI is InChI=1S/C32H44N2.2C4H9.Ni/c1-4-7-10-11-12-13-16-28-17-14-19-31(26-28)32(29(18-9-6-3)24-25-34-33)30-22-20-27(21-23-30)15-8-5-2;2*1-3-4-2;/h14,17,19-24,26H,4-13,15-16,18H2,1-3H3;2*1,3-4H2,2H3;. The van der Waals surface area contributed by atoms with Crippen molar-refractivity contribution in [3.63, 3.8) is 0 Å². The van der Waals surface area contributed by atoms with Crippen LogP contribution in [-0.4, -0.2) is 10.7 Å². The second-order valence-electron chi connectivity index (χ2n) is 11.6. The summed E-state index contributed by atoms with van der Waals surface area (Å²) >= 11 is 1.94. The van der Waals surface area contributed by atoms with Crippen LogP contribution >= 0.6 is 0 Å². The van der Waals surface area contributed by atoms with Gasteiger partial charge in [-0.15, -0.1) is 4.79 Å². The van der Waals surface area contributed by atoms with Gasteiger partial charge in [0.25, 0.3) is 5.87 Å². The Hall–Kier alpha value is -2.17. The Labute approximate surface area is 272 Å². The van der Waals surface area contributed by atoms with E-state index in [0.717, 1.165) is 32.1 Å². The summed E-state index contributed by atoms with van der Waals surface area (Å²) in [4.78, 5) is 3.15. The summed E-state index contributed by atoms with van der Waals surface area (Å²) < 4.78 is 0. The molecule has 0 aliphatic rings. The van der Waals surface area contributed by atoms with Crippen LogP contribution in [0.15, 0.2) is 60.2 Å². The number of benzene rings is 2. The molecule has 0 unspecified atom stereocenters. The van der Waals surface area contributed by atoms with Crippen molar-refractivity contribution in [1.82, 2.24) is 0 Å². The van der Waals surface area contributed by atoms with E-state index in [9.17, 15) is 0 Å². The van der Waals surface area contributed by atoms with E-state index in [-0.39, 0.29) is 0 Å². The van der Waals surface area contributed by atoms with Crippen LogP contribution in [0.4, 0.5) is 0 Å². The van der Waals surface area contributed by atoms with Crippen LogP contribution in [0, 0.1) is 0 Å². The predicted octanol–water partition coefficient (Wildman–Crippen LogP) is 12.9. The van der Waals surface area contributed by atoms with Crippen molar-refractivity contribution in [1.29, 1.82) is 0 Å². The van der Waals surface area contributed by atoms with E-state index in [1.54, 1.807) is 0 Å². The monoisotopic (exact) mass is 628 g/mol. The van der Waals surface area contributed by atoms with Crippen molar-refractivity contribution in [3.8, 4) is 0 Å². The molecule has 0 saturated heterocycles.